The summed E-state index contributed by atoms with van der Waals surface area (Å²) in [6.45, 7) is 0.230. The average molecular weight is 443 g/mol. The van der Waals surface area contributed by atoms with Crippen LogP contribution in [0.4, 0.5) is 0 Å². The molecular formula is C17H19BrN2O5S. The van der Waals surface area contributed by atoms with Crippen LogP contribution in [0.2, 0.25) is 0 Å². The van der Waals surface area contributed by atoms with E-state index in [1.165, 1.54) is 25.3 Å². The van der Waals surface area contributed by atoms with Crippen molar-refractivity contribution in [2.45, 2.75) is 17.9 Å². The zero-order valence-corrected chi connectivity index (χ0v) is 16.4. The van der Waals surface area contributed by atoms with Crippen LogP contribution in [0.1, 0.15) is 12.0 Å². The van der Waals surface area contributed by atoms with Gasteiger partial charge in [0, 0.05) is 24.0 Å². The van der Waals surface area contributed by atoms with E-state index in [-0.39, 0.29) is 36.1 Å². The molecule has 0 bridgehead atoms. The Balaban J connectivity index is 1.82. The molecule has 9 heteroatoms. The Hall–Kier alpha value is -2.10. The second kappa shape index (κ2) is 9.02. The van der Waals surface area contributed by atoms with Gasteiger partial charge in [0.15, 0.2) is 11.5 Å². The Morgan fingerprint density at radius 3 is 2.69 bits per heavy atom. The molecule has 26 heavy (non-hydrogen) atoms. The number of aromatic hydroxyl groups is 1. The summed E-state index contributed by atoms with van der Waals surface area (Å²) in [5, 5.41) is 12.2. The summed E-state index contributed by atoms with van der Waals surface area (Å²) in [5.74, 6) is 0.0389. The number of methoxy groups -OCH3 is 1. The number of rotatable bonds is 8. The fraction of sp³-hybridized carbons (Fsp3) is 0.235. The lowest BCUT2D eigenvalue weighted by molar-refractivity contribution is -0.121. The molecule has 0 radical (unpaired) electrons. The number of phenols is 1. The van der Waals surface area contributed by atoms with E-state index >= 15 is 0 Å². The third-order valence-corrected chi connectivity index (χ3v) is 5.44. The van der Waals surface area contributed by atoms with Crippen molar-refractivity contribution in [3.63, 3.8) is 0 Å². The van der Waals surface area contributed by atoms with Crippen LogP contribution in [0, 0.1) is 0 Å². The van der Waals surface area contributed by atoms with E-state index in [1.807, 2.05) is 0 Å². The molecule has 0 fully saturated rings. The Kier molecular flexibility index (Phi) is 7.01. The molecule has 0 saturated carbocycles. The van der Waals surface area contributed by atoms with Crippen LogP contribution in [0.25, 0.3) is 0 Å². The molecule has 0 unspecified atom stereocenters. The van der Waals surface area contributed by atoms with Crippen LogP contribution in [-0.4, -0.2) is 33.1 Å². The maximum absolute atomic E-state index is 12.1. The first-order valence-electron chi connectivity index (χ1n) is 7.69. The molecule has 3 N–H and O–H groups in total. The molecule has 1 amide bonds. The van der Waals surface area contributed by atoms with E-state index < -0.39 is 10.0 Å². The van der Waals surface area contributed by atoms with E-state index in [1.54, 1.807) is 24.3 Å². The van der Waals surface area contributed by atoms with Crippen LogP contribution in [0.3, 0.4) is 0 Å². The van der Waals surface area contributed by atoms with Gasteiger partial charge in [-0.3, -0.25) is 4.79 Å². The van der Waals surface area contributed by atoms with Crippen molar-refractivity contribution in [1.82, 2.24) is 10.0 Å². The van der Waals surface area contributed by atoms with Gasteiger partial charge in [0.05, 0.1) is 12.0 Å². The standard InChI is InChI=1S/C17H19BrN2O5S/c1-25-16-9-12(5-6-15(16)21)11-19-17(22)7-8-20-26(23,24)14-4-2-3-13(18)10-14/h2-6,9-10,20-21H,7-8,11H2,1H3,(H,19,22). The average Bonchev–Trinajstić information content (AvgIpc) is 2.61. The number of halogens is 1. The maximum Gasteiger partial charge on any atom is 0.240 e. The van der Waals surface area contributed by atoms with Crippen molar-refractivity contribution < 1.29 is 23.1 Å². The van der Waals surface area contributed by atoms with Gasteiger partial charge < -0.3 is 15.2 Å². The zero-order chi connectivity index (χ0) is 19.2. The number of sulfonamides is 1. The Morgan fingerprint density at radius 2 is 2.00 bits per heavy atom. The quantitative estimate of drug-likeness (QED) is 0.580. The number of amides is 1. The lowest BCUT2D eigenvalue weighted by atomic mass is 10.2. The van der Waals surface area contributed by atoms with Gasteiger partial charge in [-0.2, -0.15) is 0 Å². The highest BCUT2D eigenvalue weighted by Gasteiger charge is 2.14. The first-order chi connectivity index (χ1) is 12.3. The second-order valence-electron chi connectivity index (χ2n) is 5.39. The molecule has 0 aliphatic carbocycles. The molecule has 2 aromatic rings. The first kappa shape index (κ1) is 20.2. The Morgan fingerprint density at radius 1 is 1.23 bits per heavy atom. The van der Waals surface area contributed by atoms with Gasteiger partial charge in [0.25, 0.3) is 0 Å². The van der Waals surface area contributed by atoms with Crippen molar-refractivity contribution in [2.24, 2.45) is 0 Å². The van der Waals surface area contributed by atoms with Crippen LogP contribution in [-0.2, 0) is 21.4 Å². The monoisotopic (exact) mass is 442 g/mol. The van der Waals surface area contributed by atoms with Crippen molar-refractivity contribution in [3.8, 4) is 11.5 Å². The number of nitrogens with one attached hydrogen (secondary N) is 2. The number of carbonyl (C=O) groups is 1. The smallest absolute Gasteiger partial charge is 0.240 e. The van der Waals surface area contributed by atoms with Crippen molar-refractivity contribution in [2.75, 3.05) is 13.7 Å². The molecule has 2 aromatic carbocycles. The summed E-state index contributed by atoms with van der Waals surface area (Å²) in [7, 11) is -2.22. The molecule has 0 atom stereocenters. The summed E-state index contributed by atoms with van der Waals surface area (Å²) >= 11 is 3.22. The molecule has 0 saturated heterocycles. The number of hydrogen-bond acceptors (Lipinski definition) is 5. The number of ether oxygens (including phenoxy) is 1. The number of carbonyl (C=O) groups excluding carboxylic acids is 1. The zero-order valence-electron chi connectivity index (χ0n) is 14.0. The van der Waals surface area contributed by atoms with Crippen molar-refractivity contribution in [1.29, 1.82) is 0 Å². The summed E-state index contributed by atoms with van der Waals surface area (Å²) in [4.78, 5) is 12.0. The molecule has 0 heterocycles. The van der Waals surface area contributed by atoms with Gasteiger partial charge in [0.1, 0.15) is 0 Å². The third kappa shape index (κ3) is 5.72. The highest BCUT2D eigenvalue weighted by Crippen LogP contribution is 2.26. The van der Waals surface area contributed by atoms with Gasteiger partial charge in [-0.15, -0.1) is 0 Å². The largest absolute Gasteiger partial charge is 0.504 e. The van der Waals surface area contributed by atoms with E-state index in [2.05, 4.69) is 26.0 Å². The highest BCUT2D eigenvalue weighted by molar-refractivity contribution is 9.10. The second-order valence-corrected chi connectivity index (χ2v) is 8.07. The van der Waals surface area contributed by atoms with E-state index in [9.17, 15) is 18.3 Å². The summed E-state index contributed by atoms with van der Waals surface area (Å²) in [6, 6.07) is 11.1. The van der Waals surface area contributed by atoms with Crippen LogP contribution in [0.15, 0.2) is 51.8 Å². The highest BCUT2D eigenvalue weighted by atomic mass is 79.9. The molecule has 0 aliphatic rings. The van der Waals surface area contributed by atoms with Gasteiger partial charge in [-0.05, 0) is 35.9 Å². The summed E-state index contributed by atoms with van der Waals surface area (Å²) in [6.07, 6.45) is 0.00243. The van der Waals surface area contributed by atoms with Crippen LogP contribution >= 0.6 is 15.9 Å². The lowest BCUT2D eigenvalue weighted by Gasteiger charge is -2.09. The van der Waals surface area contributed by atoms with Crippen LogP contribution < -0.4 is 14.8 Å². The number of hydrogen-bond donors (Lipinski definition) is 3. The minimum absolute atomic E-state index is 0.00243. The SMILES string of the molecule is COc1cc(CNC(=O)CCNS(=O)(=O)c2cccc(Br)c2)ccc1O. The maximum atomic E-state index is 12.1. The first-order valence-corrected chi connectivity index (χ1v) is 9.97. The topological polar surface area (TPSA) is 105 Å². The fourth-order valence-electron chi connectivity index (χ4n) is 2.14. The van der Waals surface area contributed by atoms with E-state index in [0.29, 0.717) is 10.2 Å². The number of phenolic OH excluding ortho intramolecular Hbond substituents is 1. The summed E-state index contributed by atoms with van der Waals surface area (Å²) < 4.78 is 32.3. The minimum Gasteiger partial charge on any atom is -0.504 e. The molecule has 0 spiro atoms. The van der Waals surface area contributed by atoms with E-state index in [0.717, 1.165) is 5.56 Å². The fourth-order valence-corrected chi connectivity index (χ4v) is 3.77. The molecule has 7 nitrogen and oxygen atoms in total. The van der Waals surface area contributed by atoms with Gasteiger partial charge >= 0.3 is 0 Å². The van der Waals surface area contributed by atoms with Crippen LogP contribution in [0.5, 0.6) is 11.5 Å². The van der Waals surface area contributed by atoms with Gasteiger partial charge in [0.2, 0.25) is 15.9 Å². The normalized spacial score (nSPS) is 11.2. The van der Waals surface area contributed by atoms with Crippen molar-refractivity contribution >= 4 is 31.9 Å². The predicted molar refractivity (Wildman–Crippen MR) is 100 cm³/mol. The third-order valence-electron chi connectivity index (χ3n) is 3.48. The van der Waals surface area contributed by atoms with E-state index in [4.69, 9.17) is 4.74 Å². The Labute approximate surface area is 160 Å². The molecule has 140 valence electrons. The predicted octanol–water partition coefficient (Wildman–Crippen LogP) is 2.15. The number of benzene rings is 2. The Bertz CT molecular complexity index is 886. The molecule has 0 aliphatic heterocycles. The lowest BCUT2D eigenvalue weighted by Crippen LogP contribution is -2.30. The minimum atomic E-state index is -3.66. The molecular weight excluding hydrogens is 424 g/mol. The van der Waals surface area contributed by atoms with Gasteiger partial charge in [-0.25, -0.2) is 13.1 Å². The van der Waals surface area contributed by atoms with Crippen molar-refractivity contribution in [3.05, 3.63) is 52.5 Å². The molecule has 2 rings (SSSR count). The van der Waals surface area contributed by atoms with Gasteiger partial charge in [-0.1, -0.05) is 28.1 Å². The summed E-state index contributed by atoms with van der Waals surface area (Å²) in [5.41, 5.74) is 0.753. The molecule has 0 aromatic heterocycles.